The summed E-state index contributed by atoms with van der Waals surface area (Å²) in [4.78, 5) is 3.88. The van der Waals surface area contributed by atoms with Crippen molar-refractivity contribution in [3.05, 3.63) is 48.4 Å². The van der Waals surface area contributed by atoms with Crippen molar-refractivity contribution in [3.8, 4) is 0 Å². The van der Waals surface area contributed by atoms with Gasteiger partial charge in [-0.25, -0.2) is 4.98 Å². The van der Waals surface area contributed by atoms with Gasteiger partial charge in [0.15, 0.2) is 0 Å². The maximum absolute atomic E-state index is 9.07. The fourth-order valence-electron chi connectivity index (χ4n) is 1.46. The number of rotatable bonds is 3. The molecule has 0 saturated carbocycles. The number of nitrogens with zero attached hydrogens (tertiary/aromatic N) is 2. The van der Waals surface area contributed by atoms with Crippen LogP contribution in [0.2, 0.25) is 0 Å². The molecule has 1 heterocycles. The van der Waals surface area contributed by atoms with E-state index in [2.05, 4.69) is 4.98 Å². The van der Waals surface area contributed by atoms with Crippen molar-refractivity contribution in [2.45, 2.75) is 6.54 Å². The molecule has 5 heteroatoms. The highest BCUT2D eigenvalue weighted by atomic mass is 16.4. The molecule has 0 unspecified atom stereocenters. The van der Waals surface area contributed by atoms with Crippen LogP contribution in [0.4, 0.5) is 0 Å². The lowest BCUT2D eigenvalue weighted by atomic mass is 9.86. The minimum absolute atomic E-state index is 0.402. The summed E-state index contributed by atoms with van der Waals surface area (Å²) in [5.74, 6) is 0. The van der Waals surface area contributed by atoms with Gasteiger partial charge in [0.05, 0.1) is 11.9 Å². The summed E-state index contributed by atoms with van der Waals surface area (Å²) in [5, 5.41) is 18.1. The first-order valence-corrected chi connectivity index (χ1v) is 4.67. The molecule has 2 rings (SSSR count). The Morgan fingerprint density at radius 2 is 1.93 bits per heavy atom. The minimum atomic E-state index is -1.48. The molecule has 0 aliphatic rings. The van der Waals surface area contributed by atoms with Crippen LogP contribution in [-0.2, 0) is 6.54 Å². The van der Waals surface area contributed by atoms with Gasteiger partial charge in [0, 0.05) is 12.7 Å². The minimum Gasteiger partial charge on any atom is -0.422 e. The number of imidazole rings is 1. The quantitative estimate of drug-likeness (QED) is 0.666. The van der Waals surface area contributed by atoms with Crippen LogP contribution in [0, 0.1) is 0 Å². The fourth-order valence-corrected chi connectivity index (χ4v) is 1.46. The Morgan fingerprint density at radius 1 is 1.20 bits per heavy atom. The summed E-state index contributed by atoms with van der Waals surface area (Å²) in [6.45, 7) is 0.591. The predicted molar refractivity (Wildman–Crippen MR) is 57.6 cm³/mol. The van der Waals surface area contributed by atoms with Crippen LogP contribution in [0.25, 0.3) is 0 Å². The van der Waals surface area contributed by atoms with Gasteiger partial charge in [0.25, 0.3) is 0 Å². The molecule has 0 aliphatic carbocycles. The van der Waals surface area contributed by atoms with E-state index in [0.29, 0.717) is 12.1 Å². The Bertz CT molecular complexity index is 428. The highest BCUT2D eigenvalue weighted by Gasteiger charge is 2.16. The number of benzene rings is 1. The summed E-state index contributed by atoms with van der Waals surface area (Å²) in [5.41, 5.74) is 1.50. The van der Waals surface area contributed by atoms with E-state index in [-0.39, 0.29) is 0 Å². The first-order chi connectivity index (χ1) is 7.27. The van der Waals surface area contributed by atoms with Crippen LogP contribution in [-0.4, -0.2) is 26.7 Å². The zero-order valence-electron chi connectivity index (χ0n) is 8.11. The second-order valence-corrected chi connectivity index (χ2v) is 3.31. The molecule has 76 valence electrons. The summed E-state index contributed by atoms with van der Waals surface area (Å²) in [6, 6.07) is 9.79. The van der Waals surface area contributed by atoms with Gasteiger partial charge in [-0.05, 0) is 5.56 Å². The summed E-state index contributed by atoms with van der Waals surface area (Å²) >= 11 is 0. The van der Waals surface area contributed by atoms with E-state index < -0.39 is 7.12 Å². The molecular weight excluding hydrogens is 191 g/mol. The highest BCUT2D eigenvalue weighted by molar-refractivity contribution is 6.57. The van der Waals surface area contributed by atoms with Gasteiger partial charge in [0.2, 0.25) is 0 Å². The van der Waals surface area contributed by atoms with Crippen LogP contribution in [0.3, 0.4) is 0 Å². The summed E-state index contributed by atoms with van der Waals surface area (Å²) in [6.07, 6.45) is 3.04. The first-order valence-electron chi connectivity index (χ1n) is 4.67. The molecule has 4 nitrogen and oxygen atoms in total. The third-order valence-electron chi connectivity index (χ3n) is 2.20. The Hall–Kier alpha value is -1.59. The van der Waals surface area contributed by atoms with Crippen LogP contribution >= 0.6 is 0 Å². The summed E-state index contributed by atoms with van der Waals surface area (Å²) < 4.78 is 1.71. The molecule has 0 atom stereocenters. The van der Waals surface area contributed by atoms with Crippen molar-refractivity contribution in [2.24, 2.45) is 0 Å². The van der Waals surface area contributed by atoms with Gasteiger partial charge >= 0.3 is 7.12 Å². The lowest BCUT2D eigenvalue weighted by molar-refractivity contribution is 0.422. The average molecular weight is 202 g/mol. The summed E-state index contributed by atoms with van der Waals surface area (Å²) in [7, 11) is -1.48. The SMILES string of the molecule is OB(O)c1cncn1Cc1ccccc1. The van der Waals surface area contributed by atoms with Gasteiger partial charge in [-0.2, -0.15) is 0 Å². The molecule has 0 bridgehead atoms. The van der Waals surface area contributed by atoms with Crippen molar-refractivity contribution in [1.29, 1.82) is 0 Å². The third-order valence-corrected chi connectivity index (χ3v) is 2.20. The third kappa shape index (κ3) is 2.26. The molecule has 2 aromatic rings. The normalized spacial score (nSPS) is 10.3. The molecule has 0 aliphatic heterocycles. The second-order valence-electron chi connectivity index (χ2n) is 3.31. The zero-order valence-corrected chi connectivity index (χ0v) is 8.11. The number of aromatic nitrogens is 2. The first kappa shape index (κ1) is 9.95. The van der Waals surface area contributed by atoms with E-state index in [9.17, 15) is 0 Å². The van der Waals surface area contributed by atoms with Crippen LogP contribution in [0.5, 0.6) is 0 Å². The Kier molecular flexibility index (Phi) is 2.85. The van der Waals surface area contributed by atoms with Gasteiger partial charge in [-0.15, -0.1) is 0 Å². The predicted octanol–water partition coefficient (Wildman–Crippen LogP) is -0.389. The monoisotopic (exact) mass is 202 g/mol. The maximum atomic E-state index is 9.07. The van der Waals surface area contributed by atoms with Crippen LogP contribution in [0.15, 0.2) is 42.9 Å². The van der Waals surface area contributed by atoms with E-state index in [4.69, 9.17) is 10.0 Å². The molecule has 0 radical (unpaired) electrons. The van der Waals surface area contributed by atoms with E-state index in [1.54, 1.807) is 10.9 Å². The number of hydrogen-bond donors (Lipinski definition) is 2. The van der Waals surface area contributed by atoms with E-state index in [0.717, 1.165) is 5.56 Å². The molecule has 0 amide bonds. The standard InChI is InChI=1S/C10H11BN2O2/c14-11(15)10-6-12-8-13(10)7-9-4-2-1-3-5-9/h1-6,8,14-15H,7H2. The molecule has 1 aromatic heterocycles. The lowest BCUT2D eigenvalue weighted by Gasteiger charge is -2.06. The molecular formula is C10H11BN2O2. The zero-order chi connectivity index (χ0) is 10.7. The largest absolute Gasteiger partial charge is 0.507 e. The maximum Gasteiger partial charge on any atom is 0.507 e. The Morgan fingerprint density at radius 3 is 2.60 bits per heavy atom. The van der Waals surface area contributed by atoms with Gasteiger partial charge < -0.3 is 14.6 Å². The van der Waals surface area contributed by atoms with E-state index >= 15 is 0 Å². The highest BCUT2D eigenvalue weighted by Crippen LogP contribution is 2.00. The van der Waals surface area contributed by atoms with E-state index in [1.807, 2.05) is 30.3 Å². The fraction of sp³-hybridized carbons (Fsp3) is 0.100. The lowest BCUT2D eigenvalue weighted by Crippen LogP contribution is -2.36. The topological polar surface area (TPSA) is 58.3 Å². The van der Waals surface area contributed by atoms with Crippen LogP contribution in [0.1, 0.15) is 5.56 Å². The van der Waals surface area contributed by atoms with Crippen molar-refractivity contribution in [2.75, 3.05) is 0 Å². The van der Waals surface area contributed by atoms with Crippen molar-refractivity contribution in [1.82, 2.24) is 9.55 Å². The van der Waals surface area contributed by atoms with Crippen LogP contribution < -0.4 is 5.59 Å². The Balaban J connectivity index is 2.21. The molecule has 2 N–H and O–H groups in total. The molecule has 0 fully saturated rings. The van der Waals surface area contributed by atoms with Gasteiger partial charge in [0.1, 0.15) is 0 Å². The van der Waals surface area contributed by atoms with E-state index in [1.165, 1.54) is 6.20 Å². The van der Waals surface area contributed by atoms with Crippen molar-refractivity contribution < 1.29 is 10.0 Å². The number of hydrogen-bond acceptors (Lipinski definition) is 3. The molecule has 1 aromatic carbocycles. The van der Waals surface area contributed by atoms with Crippen molar-refractivity contribution >= 4 is 12.7 Å². The Labute approximate surface area is 88.0 Å². The average Bonchev–Trinajstić information content (AvgIpc) is 2.67. The molecule has 15 heavy (non-hydrogen) atoms. The van der Waals surface area contributed by atoms with Gasteiger partial charge in [-0.1, -0.05) is 30.3 Å². The van der Waals surface area contributed by atoms with Gasteiger partial charge in [-0.3, -0.25) is 0 Å². The smallest absolute Gasteiger partial charge is 0.422 e. The molecule has 0 spiro atoms. The second kappa shape index (κ2) is 4.29. The van der Waals surface area contributed by atoms with Crippen molar-refractivity contribution in [3.63, 3.8) is 0 Å². The molecule has 0 saturated heterocycles.